The van der Waals surface area contributed by atoms with Gasteiger partial charge in [-0.2, -0.15) is 15.0 Å². The van der Waals surface area contributed by atoms with Gasteiger partial charge in [0.25, 0.3) is 0 Å². The Morgan fingerprint density at radius 1 is 1.18 bits per heavy atom. The Labute approximate surface area is 130 Å². The number of hydrogen-bond donors (Lipinski definition) is 0. The van der Waals surface area contributed by atoms with Crippen LogP contribution in [0.4, 0.5) is 0 Å². The summed E-state index contributed by atoms with van der Waals surface area (Å²) in [5, 5.41) is 8.40. The molecule has 2 aromatic rings. The highest BCUT2D eigenvalue weighted by molar-refractivity contribution is 5.76. The van der Waals surface area contributed by atoms with Gasteiger partial charge < -0.3 is 4.90 Å². The molecule has 0 unspecified atom stereocenters. The van der Waals surface area contributed by atoms with Gasteiger partial charge in [-0.1, -0.05) is 24.3 Å². The Morgan fingerprint density at radius 3 is 2.55 bits per heavy atom. The quantitative estimate of drug-likeness (QED) is 0.871. The van der Waals surface area contributed by atoms with E-state index in [-0.39, 0.29) is 5.91 Å². The van der Waals surface area contributed by atoms with Crippen molar-refractivity contribution in [2.45, 2.75) is 38.6 Å². The second-order valence-corrected chi connectivity index (χ2v) is 5.89. The molecule has 0 aliphatic carbocycles. The smallest absolute Gasteiger partial charge is 0.222 e. The molecule has 116 valence electrons. The van der Waals surface area contributed by atoms with Gasteiger partial charge in [-0.05, 0) is 37.3 Å². The molecule has 22 heavy (non-hydrogen) atoms. The molecule has 1 aromatic carbocycles. The largest absolute Gasteiger partial charge is 0.343 e. The van der Waals surface area contributed by atoms with E-state index in [9.17, 15) is 4.79 Å². The first-order chi connectivity index (χ1) is 10.7. The summed E-state index contributed by atoms with van der Waals surface area (Å²) in [7, 11) is 0. The molecule has 5 nitrogen and oxygen atoms in total. The number of piperidine rings is 1. The van der Waals surface area contributed by atoms with Crippen LogP contribution in [-0.4, -0.2) is 38.9 Å². The van der Waals surface area contributed by atoms with E-state index in [1.54, 1.807) is 17.2 Å². The Balaban J connectivity index is 1.49. The van der Waals surface area contributed by atoms with E-state index in [0.29, 0.717) is 12.5 Å². The first kappa shape index (κ1) is 14.8. The molecule has 1 aliphatic heterocycles. The maximum Gasteiger partial charge on any atom is 0.222 e. The molecule has 1 fully saturated rings. The van der Waals surface area contributed by atoms with Gasteiger partial charge in [0.15, 0.2) is 0 Å². The van der Waals surface area contributed by atoms with Crippen molar-refractivity contribution in [1.29, 1.82) is 0 Å². The molecule has 0 N–H and O–H groups in total. The Kier molecular flexibility index (Phi) is 4.51. The van der Waals surface area contributed by atoms with Crippen LogP contribution in [0.3, 0.4) is 0 Å². The number of nitrogens with zero attached hydrogens (tertiary/aromatic N) is 4. The molecule has 2 heterocycles. The van der Waals surface area contributed by atoms with Crippen LogP contribution in [0.2, 0.25) is 0 Å². The topological polar surface area (TPSA) is 51.0 Å². The first-order valence-electron chi connectivity index (χ1n) is 7.92. The number of likely N-dealkylation sites (tertiary alicyclic amines) is 1. The van der Waals surface area contributed by atoms with E-state index in [0.717, 1.165) is 32.4 Å². The van der Waals surface area contributed by atoms with E-state index in [1.165, 1.54) is 11.1 Å². The number of carbonyl (C=O) groups excluding carboxylic acids is 1. The molecule has 0 atom stereocenters. The summed E-state index contributed by atoms with van der Waals surface area (Å²) >= 11 is 0. The molecule has 0 bridgehead atoms. The van der Waals surface area contributed by atoms with Crippen LogP contribution < -0.4 is 0 Å². The van der Waals surface area contributed by atoms with E-state index in [2.05, 4.69) is 29.3 Å². The molecule has 1 aliphatic rings. The Hall–Kier alpha value is -2.17. The van der Waals surface area contributed by atoms with Crippen molar-refractivity contribution in [3.63, 3.8) is 0 Å². The van der Waals surface area contributed by atoms with Crippen LogP contribution in [-0.2, 0) is 11.2 Å². The van der Waals surface area contributed by atoms with E-state index < -0.39 is 0 Å². The van der Waals surface area contributed by atoms with Crippen molar-refractivity contribution in [2.75, 3.05) is 13.1 Å². The maximum atomic E-state index is 12.4. The van der Waals surface area contributed by atoms with Crippen LogP contribution >= 0.6 is 0 Å². The molecule has 0 saturated carbocycles. The van der Waals surface area contributed by atoms with Gasteiger partial charge in [0, 0.05) is 19.5 Å². The summed E-state index contributed by atoms with van der Waals surface area (Å²) in [5.41, 5.74) is 2.53. The van der Waals surface area contributed by atoms with Gasteiger partial charge in [-0.15, -0.1) is 0 Å². The summed E-state index contributed by atoms with van der Waals surface area (Å²) in [6.07, 6.45) is 6.71. The summed E-state index contributed by atoms with van der Waals surface area (Å²) in [4.78, 5) is 16.1. The third-order valence-corrected chi connectivity index (χ3v) is 4.45. The number of aryl methyl sites for hydroxylation is 2. The van der Waals surface area contributed by atoms with Gasteiger partial charge in [0.05, 0.1) is 18.4 Å². The molecule has 3 rings (SSSR count). The third-order valence-electron chi connectivity index (χ3n) is 4.45. The average molecular weight is 298 g/mol. The van der Waals surface area contributed by atoms with E-state index in [4.69, 9.17) is 0 Å². The van der Waals surface area contributed by atoms with Gasteiger partial charge in [0.2, 0.25) is 5.91 Å². The zero-order chi connectivity index (χ0) is 15.4. The maximum absolute atomic E-state index is 12.4. The van der Waals surface area contributed by atoms with Crippen LogP contribution in [0.25, 0.3) is 0 Å². The van der Waals surface area contributed by atoms with E-state index >= 15 is 0 Å². The molecule has 0 radical (unpaired) electrons. The normalized spacial score (nSPS) is 16.0. The van der Waals surface area contributed by atoms with Crippen LogP contribution in [0.15, 0.2) is 36.7 Å². The zero-order valence-corrected chi connectivity index (χ0v) is 13.0. The predicted molar refractivity (Wildman–Crippen MR) is 84.4 cm³/mol. The third kappa shape index (κ3) is 3.35. The fourth-order valence-electron chi connectivity index (χ4n) is 3.05. The highest BCUT2D eigenvalue weighted by atomic mass is 16.2. The number of aromatic nitrogens is 3. The van der Waals surface area contributed by atoms with Crippen molar-refractivity contribution < 1.29 is 4.79 Å². The molecular weight excluding hydrogens is 276 g/mol. The van der Waals surface area contributed by atoms with Crippen molar-refractivity contribution >= 4 is 5.91 Å². The molecule has 1 amide bonds. The van der Waals surface area contributed by atoms with Crippen LogP contribution in [0.5, 0.6) is 0 Å². The molecule has 5 heteroatoms. The van der Waals surface area contributed by atoms with Crippen molar-refractivity contribution in [2.24, 2.45) is 0 Å². The molecule has 0 spiro atoms. The first-order valence-corrected chi connectivity index (χ1v) is 7.92. The lowest BCUT2D eigenvalue weighted by Crippen LogP contribution is -2.39. The highest BCUT2D eigenvalue weighted by Gasteiger charge is 2.24. The predicted octanol–water partition coefficient (Wildman–Crippen LogP) is 2.38. The number of carbonyl (C=O) groups is 1. The lowest BCUT2D eigenvalue weighted by Gasteiger charge is -2.31. The number of amides is 1. The minimum Gasteiger partial charge on any atom is -0.343 e. The number of hydrogen-bond acceptors (Lipinski definition) is 3. The number of rotatable bonds is 4. The fourth-order valence-corrected chi connectivity index (χ4v) is 3.05. The Morgan fingerprint density at radius 2 is 1.86 bits per heavy atom. The van der Waals surface area contributed by atoms with Gasteiger partial charge in [0.1, 0.15) is 0 Å². The SMILES string of the molecule is Cc1ccccc1CCC(=O)N1CCC(n2nccn2)CC1. The minimum atomic E-state index is 0.259. The van der Waals surface area contributed by atoms with Gasteiger partial charge in [-0.25, -0.2) is 0 Å². The molecule has 1 saturated heterocycles. The standard InChI is InChI=1S/C17H22N4O/c1-14-4-2-3-5-15(14)6-7-17(22)20-12-8-16(9-13-20)21-18-10-11-19-21/h2-5,10-11,16H,6-9,12-13H2,1H3. The van der Waals surface area contributed by atoms with E-state index in [1.807, 2.05) is 17.0 Å². The molecule has 1 aromatic heterocycles. The summed E-state index contributed by atoms with van der Waals surface area (Å²) in [5.74, 6) is 0.259. The minimum absolute atomic E-state index is 0.259. The van der Waals surface area contributed by atoms with Crippen LogP contribution in [0.1, 0.15) is 36.4 Å². The second kappa shape index (κ2) is 6.73. The summed E-state index contributed by atoms with van der Waals surface area (Å²) in [6.45, 7) is 3.71. The van der Waals surface area contributed by atoms with Gasteiger partial charge >= 0.3 is 0 Å². The lowest BCUT2D eigenvalue weighted by atomic mass is 10.0. The number of benzene rings is 1. The average Bonchev–Trinajstić information content (AvgIpc) is 3.08. The Bertz CT molecular complexity index is 615. The van der Waals surface area contributed by atoms with Crippen molar-refractivity contribution in [3.05, 3.63) is 47.8 Å². The molecular formula is C17H22N4O. The summed E-state index contributed by atoms with van der Waals surface area (Å²) in [6, 6.07) is 8.61. The second-order valence-electron chi connectivity index (χ2n) is 5.89. The lowest BCUT2D eigenvalue weighted by molar-refractivity contribution is -0.132. The van der Waals surface area contributed by atoms with Crippen molar-refractivity contribution in [1.82, 2.24) is 19.9 Å². The fraction of sp³-hybridized carbons (Fsp3) is 0.471. The summed E-state index contributed by atoms with van der Waals surface area (Å²) < 4.78 is 0. The zero-order valence-electron chi connectivity index (χ0n) is 13.0. The van der Waals surface area contributed by atoms with Crippen molar-refractivity contribution in [3.8, 4) is 0 Å². The monoisotopic (exact) mass is 298 g/mol. The van der Waals surface area contributed by atoms with Crippen LogP contribution in [0, 0.1) is 6.92 Å². The highest BCUT2D eigenvalue weighted by Crippen LogP contribution is 2.21. The van der Waals surface area contributed by atoms with Gasteiger partial charge in [-0.3, -0.25) is 4.79 Å².